The van der Waals surface area contributed by atoms with E-state index in [1.54, 1.807) is 0 Å². The van der Waals surface area contributed by atoms with Crippen molar-refractivity contribution in [2.45, 2.75) is 238 Å². The van der Waals surface area contributed by atoms with E-state index in [1.807, 2.05) is 21.1 Å². The van der Waals surface area contributed by atoms with E-state index < -0.39 is 26.5 Å². The van der Waals surface area contributed by atoms with Crippen LogP contribution in [0, 0.1) is 0 Å². The summed E-state index contributed by atoms with van der Waals surface area (Å²) in [7, 11) is 1.16. The zero-order chi connectivity index (χ0) is 44.3. The molecule has 60 heavy (non-hydrogen) atoms. The zero-order valence-corrected chi connectivity index (χ0v) is 40.8. The smallest absolute Gasteiger partial charge is 0.306 e. The fourth-order valence-electron chi connectivity index (χ4n) is 7.04. The topological polar surface area (TPSA) is 111 Å². The van der Waals surface area contributed by atoms with E-state index in [0.29, 0.717) is 17.4 Å². The summed E-state index contributed by atoms with van der Waals surface area (Å²) in [6.45, 7) is 4.22. The predicted molar refractivity (Wildman–Crippen MR) is 250 cm³/mol. The average Bonchev–Trinajstić information content (AvgIpc) is 3.20. The number of esters is 2. The van der Waals surface area contributed by atoms with E-state index in [9.17, 15) is 19.0 Å². The predicted octanol–water partition coefficient (Wildman–Crippen LogP) is 14.1. The minimum atomic E-state index is -4.63. The third-order valence-electron chi connectivity index (χ3n) is 11.0. The maximum absolute atomic E-state index is 12.7. The Kier molecular flexibility index (Phi) is 41.7. The number of nitrogens with zero attached hydrogens (tertiary/aromatic N) is 1. The lowest BCUT2D eigenvalue weighted by Gasteiger charge is -2.28. The lowest BCUT2D eigenvalue weighted by Crippen LogP contribution is -2.37. The Morgan fingerprint density at radius 1 is 0.517 bits per heavy atom. The molecule has 0 N–H and O–H groups in total. The standard InChI is InChI=1S/C50H96NO8P/c1-6-8-10-12-14-16-18-20-22-23-24-25-26-27-29-30-32-34-36-38-40-42-49(52)56-46-48(47-58-60(54,55)57-45-44-51(3,4)5)59-50(53)43-41-39-37-35-33-31-28-21-19-17-15-13-11-9-7-2/h15,17,21,28,48H,6-14,16,18-20,22-27,29-47H2,1-5H3/b17-15-,28-21-/t48-/m1/s1. The van der Waals surface area contributed by atoms with Crippen molar-refractivity contribution in [2.24, 2.45) is 0 Å². The number of ether oxygens (including phenoxy) is 2. The Bertz CT molecular complexity index is 1070. The molecule has 0 radical (unpaired) electrons. The van der Waals surface area contributed by atoms with Crippen LogP contribution < -0.4 is 4.89 Å². The molecule has 0 spiro atoms. The third kappa shape index (κ3) is 46.0. The van der Waals surface area contributed by atoms with E-state index in [4.69, 9.17) is 18.5 Å². The van der Waals surface area contributed by atoms with Crippen molar-refractivity contribution >= 4 is 19.8 Å². The van der Waals surface area contributed by atoms with Crippen LogP contribution in [0.15, 0.2) is 24.3 Å². The van der Waals surface area contributed by atoms with Gasteiger partial charge in [0, 0.05) is 12.8 Å². The van der Waals surface area contributed by atoms with Crippen molar-refractivity contribution in [3.63, 3.8) is 0 Å². The van der Waals surface area contributed by atoms with Gasteiger partial charge in [0.05, 0.1) is 27.7 Å². The first-order chi connectivity index (χ1) is 29.0. The van der Waals surface area contributed by atoms with Gasteiger partial charge in [0.1, 0.15) is 19.8 Å². The molecule has 9 nitrogen and oxygen atoms in total. The first-order valence-electron chi connectivity index (χ1n) is 25.0. The summed E-state index contributed by atoms with van der Waals surface area (Å²) >= 11 is 0. The molecular formula is C50H96NO8P. The molecule has 0 aromatic rings. The Morgan fingerprint density at radius 3 is 1.35 bits per heavy atom. The molecule has 0 aliphatic heterocycles. The minimum Gasteiger partial charge on any atom is -0.756 e. The molecule has 10 heteroatoms. The molecule has 0 aromatic heterocycles. The number of allylic oxidation sites excluding steroid dienone is 4. The molecule has 0 heterocycles. The van der Waals surface area contributed by atoms with Gasteiger partial charge in [0.2, 0.25) is 0 Å². The maximum atomic E-state index is 12.7. The average molecular weight is 870 g/mol. The van der Waals surface area contributed by atoms with Crippen molar-refractivity contribution in [3.05, 3.63) is 24.3 Å². The molecule has 0 amide bonds. The van der Waals surface area contributed by atoms with Crippen LogP contribution in [0.25, 0.3) is 0 Å². The first kappa shape index (κ1) is 58.5. The van der Waals surface area contributed by atoms with Crippen molar-refractivity contribution in [1.29, 1.82) is 0 Å². The van der Waals surface area contributed by atoms with Gasteiger partial charge in [0.25, 0.3) is 7.82 Å². The zero-order valence-electron chi connectivity index (χ0n) is 39.9. The monoisotopic (exact) mass is 870 g/mol. The number of rotatable bonds is 46. The second-order valence-electron chi connectivity index (χ2n) is 18.2. The maximum Gasteiger partial charge on any atom is 0.306 e. The quantitative estimate of drug-likeness (QED) is 0.0195. The second-order valence-corrected chi connectivity index (χ2v) is 19.6. The summed E-state index contributed by atoms with van der Waals surface area (Å²) in [4.78, 5) is 37.6. The van der Waals surface area contributed by atoms with Gasteiger partial charge in [-0.1, -0.05) is 199 Å². The van der Waals surface area contributed by atoms with Crippen molar-refractivity contribution in [1.82, 2.24) is 0 Å². The van der Waals surface area contributed by atoms with Crippen LogP contribution in [-0.4, -0.2) is 70.0 Å². The lowest BCUT2D eigenvalue weighted by atomic mass is 10.0. The summed E-state index contributed by atoms with van der Waals surface area (Å²) in [6, 6.07) is 0. The lowest BCUT2D eigenvalue weighted by molar-refractivity contribution is -0.870. The Labute approximate surface area is 370 Å². The number of hydrogen-bond donors (Lipinski definition) is 0. The van der Waals surface area contributed by atoms with Gasteiger partial charge in [-0.25, -0.2) is 0 Å². The molecule has 0 fully saturated rings. The highest BCUT2D eigenvalue weighted by molar-refractivity contribution is 7.45. The van der Waals surface area contributed by atoms with E-state index in [0.717, 1.165) is 57.8 Å². The fraction of sp³-hybridized carbons (Fsp3) is 0.880. The second kappa shape index (κ2) is 42.8. The molecule has 0 saturated carbocycles. The first-order valence-corrected chi connectivity index (χ1v) is 26.5. The van der Waals surface area contributed by atoms with E-state index >= 15 is 0 Å². The van der Waals surface area contributed by atoms with Gasteiger partial charge < -0.3 is 27.9 Å². The largest absolute Gasteiger partial charge is 0.756 e. The molecule has 0 aliphatic rings. The van der Waals surface area contributed by atoms with Crippen LogP contribution >= 0.6 is 7.82 Å². The van der Waals surface area contributed by atoms with E-state index in [1.165, 1.54) is 141 Å². The Balaban J connectivity index is 4.22. The fourth-order valence-corrected chi connectivity index (χ4v) is 7.77. The molecule has 0 saturated heterocycles. The molecule has 0 aliphatic carbocycles. The highest BCUT2D eigenvalue weighted by Gasteiger charge is 2.21. The van der Waals surface area contributed by atoms with Crippen molar-refractivity contribution in [2.75, 3.05) is 47.5 Å². The summed E-state index contributed by atoms with van der Waals surface area (Å²) in [5, 5.41) is 0. The van der Waals surface area contributed by atoms with Crippen molar-refractivity contribution < 1.29 is 42.1 Å². The van der Waals surface area contributed by atoms with Crippen LogP contribution in [0.5, 0.6) is 0 Å². The summed E-state index contributed by atoms with van der Waals surface area (Å²) in [6.07, 6.45) is 47.8. The summed E-state index contributed by atoms with van der Waals surface area (Å²) < 4.78 is 34.0. The van der Waals surface area contributed by atoms with Crippen LogP contribution in [0.3, 0.4) is 0 Å². The van der Waals surface area contributed by atoms with Crippen LogP contribution in [0.2, 0.25) is 0 Å². The number of phosphoric acid groups is 1. The normalized spacial score (nSPS) is 13.6. The van der Waals surface area contributed by atoms with Gasteiger partial charge in [0.15, 0.2) is 6.10 Å². The number of carbonyl (C=O) groups is 2. The highest BCUT2D eigenvalue weighted by Crippen LogP contribution is 2.38. The van der Waals surface area contributed by atoms with Crippen LogP contribution in [-0.2, 0) is 32.7 Å². The van der Waals surface area contributed by atoms with Crippen LogP contribution in [0.4, 0.5) is 0 Å². The van der Waals surface area contributed by atoms with Crippen LogP contribution in [0.1, 0.15) is 232 Å². The summed E-state index contributed by atoms with van der Waals surface area (Å²) in [5.41, 5.74) is 0. The minimum absolute atomic E-state index is 0.0317. The van der Waals surface area contributed by atoms with Crippen molar-refractivity contribution in [3.8, 4) is 0 Å². The number of quaternary nitrogens is 1. The number of carbonyl (C=O) groups excluding carboxylic acids is 2. The molecule has 354 valence electrons. The molecule has 0 aromatic carbocycles. The molecular weight excluding hydrogens is 774 g/mol. The molecule has 0 rings (SSSR count). The van der Waals surface area contributed by atoms with Gasteiger partial charge in [-0.05, 0) is 44.9 Å². The molecule has 1 unspecified atom stereocenters. The van der Waals surface area contributed by atoms with Gasteiger partial charge in [-0.3, -0.25) is 14.2 Å². The van der Waals surface area contributed by atoms with Gasteiger partial charge >= 0.3 is 11.9 Å². The van der Waals surface area contributed by atoms with E-state index in [-0.39, 0.29) is 32.0 Å². The number of hydrogen-bond acceptors (Lipinski definition) is 8. The third-order valence-corrected chi connectivity index (χ3v) is 11.9. The molecule has 2 atom stereocenters. The Morgan fingerprint density at radius 2 is 0.900 bits per heavy atom. The number of likely N-dealkylation sites (N-methyl/N-ethyl adjacent to an activating group) is 1. The van der Waals surface area contributed by atoms with Gasteiger partial charge in [-0.2, -0.15) is 0 Å². The number of unbranched alkanes of at least 4 members (excludes halogenated alkanes) is 28. The Hall–Kier alpha value is -1.51. The number of phosphoric ester groups is 1. The summed E-state index contributed by atoms with van der Waals surface area (Å²) in [5.74, 6) is -0.839. The molecule has 0 bridgehead atoms. The van der Waals surface area contributed by atoms with E-state index in [2.05, 4.69) is 38.2 Å². The highest BCUT2D eigenvalue weighted by atomic mass is 31.2. The van der Waals surface area contributed by atoms with Gasteiger partial charge in [-0.15, -0.1) is 0 Å². The SMILES string of the molecule is CCCCC/C=C\C/C=C\CCCCCCCC(=O)O[C@H](COC(=O)CCCCCCCCCCCCCCCCCCCCCCC)COP(=O)([O-])OCC[N+](C)(C)C.